The number of likely N-dealkylation sites (N-methyl/N-ethyl adjacent to an activating group) is 1. The summed E-state index contributed by atoms with van der Waals surface area (Å²) in [4.78, 5) is 12.7. The van der Waals surface area contributed by atoms with E-state index in [1.807, 2.05) is 6.20 Å². The van der Waals surface area contributed by atoms with Crippen LogP contribution in [0.4, 0.5) is 13.2 Å². The van der Waals surface area contributed by atoms with Gasteiger partial charge in [0.05, 0.1) is 6.20 Å². The Hall–Kier alpha value is -2.39. The van der Waals surface area contributed by atoms with Crippen LogP contribution in [0, 0.1) is 0 Å². The van der Waals surface area contributed by atoms with Gasteiger partial charge in [0.25, 0.3) is 0 Å². The van der Waals surface area contributed by atoms with E-state index in [0.29, 0.717) is 28.7 Å². The summed E-state index contributed by atoms with van der Waals surface area (Å²) in [6, 6.07) is 2.76. The average molecular weight is 432 g/mol. The van der Waals surface area contributed by atoms with E-state index >= 15 is 0 Å². The van der Waals surface area contributed by atoms with Gasteiger partial charge >= 0.3 is 6.30 Å². The van der Waals surface area contributed by atoms with Crippen LogP contribution in [0.25, 0.3) is 22.2 Å². The molecule has 4 heterocycles. The number of aromatic amines is 1. The minimum Gasteiger partial charge on any atom is -0.346 e. The van der Waals surface area contributed by atoms with Crippen LogP contribution in [0.5, 0.6) is 0 Å². The first-order chi connectivity index (χ1) is 14.9. The van der Waals surface area contributed by atoms with E-state index in [1.54, 1.807) is 6.20 Å². The number of aromatic nitrogens is 4. The van der Waals surface area contributed by atoms with Crippen molar-refractivity contribution in [1.29, 1.82) is 0 Å². The lowest BCUT2D eigenvalue weighted by atomic mass is 9.81. The van der Waals surface area contributed by atoms with Gasteiger partial charge < -0.3 is 9.88 Å². The Kier molecular flexibility index (Phi) is 5.26. The van der Waals surface area contributed by atoms with Gasteiger partial charge in [-0.25, -0.2) is 4.98 Å². The molecule has 2 fully saturated rings. The molecule has 0 atom stereocenters. The third-order valence-corrected chi connectivity index (χ3v) is 6.93. The normalized spacial score (nSPS) is 24.1. The summed E-state index contributed by atoms with van der Waals surface area (Å²) in [5.41, 5.74) is 2.99. The highest BCUT2D eigenvalue weighted by Crippen LogP contribution is 2.37. The number of rotatable bonds is 3. The first kappa shape index (κ1) is 20.5. The third-order valence-electron chi connectivity index (χ3n) is 6.93. The van der Waals surface area contributed by atoms with Crippen molar-refractivity contribution in [2.45, 2.75) is 43.9 Å². The summed E-state index contributed by atoms with van der Waals surface area (Å²) in [6.45, 7) is 4.58. The van der Waals surface area contributed by atoms with Gasteiger partial charge in [-0.15, -0.1) is 13.2 Å². The van der Waals surface area contributed by atoms with Crippen LogP contribution in [0.1, 0.15) is 37.2 Å². The minimum absolute atomic E-state index is 0.0398. The second-order valence-corrected chi connectivity index (χ2v) is 8.85. The van der Waals surface area contributed by atoms with E-state index in [0.717, 1.165) is 50.6 Å². The highest BCUT2D eigenvalue weighted by atomic mass is 19.4. The average Bonchev–Trinajstić information content (AvgIpc) is 3.41. The van der Waals surface area contributed by atoms with Crippen molar-refractivity contribution in [3.63, 3.8) is 0 Å². The molecule has 0 amide bonds. The number of H-pyrrole nitrogens is 1. The smallest absolute Gasteiger partial charge is 0.346 e. The van der Waals surface area contributed by atoms with Crippen molar-refractivity contribution in [1.82, 2.24) is 29.5 Å². The molecule has 3 aromatic rings. The second kappa shape index (κ2) is 7.94. The molecule has 0 aromatic carbocycles. The second-order valence-electron chi connectivity index (χ2n) is 8.85. The predicted molar refractivity (Wildman–Crippen MR) is 113 cm³/mol. The van der Waals surface area contributed by atoms with Crippen molar-refractivity contribution in [2.24, 2.45) is 0 Å². The SMILES string of the molecule is CN1CCN(C2CCC(c3cnc4[nH]cc(-c5cnn(C(F)(F)F)c5)c4c3)CC2)CC1. The van der Waals surface area contributed by atoms with Gasteiger partial charge in [0.1, 0.15) is 5.65 Å². The number of halogens is 3. The van der Waals surface area contributed by atoms with Crippen LogP contribution < -0.4 is 0 Å². The zero-order valence-corrected chi connectivity index (χ0v) is 17.6. The number of hydrogen-bond donors (Lipinski definition) is 1. The molecule has 6 nitrogen and oxygen atoms in total. The number of nitrogens with zero attached hydrogens (tertiary/aromatic N) is 5. The molecule has 1 aliphatic carbocycles. The van der Waals surface area contributed by atoms with Gasteiger partial charge in [-0.1, -0.05) is 0 Å². The molecule has 31 heavy (non-hydrogen) atoms. The summed E-state index contributed by atoms with van der Waals surface area (Å²) >= 11 is 0. The van der Waals surface area contributed by atoms with Gasteiger partial charge in [-0.05, 0) is 50.3 Å². The molecule has 2 aliphatic rings. The van der Waals surface area contributed by atoms with E-state index in [-0.39, 0.29) is 4.68 Å². The molecule has 1 saturated carbocycles. The number of pyridine rings is 1. The summed E-state index contributed by atoms with van der Waals surface area (Å²) in [5, 5.41) is 4.32. The topological polar surface area (TPSA) is 53.0 Å². The number of nitrogens with one attached hydrogen (secondary N) is 1. The summed E-state index contributed by atoms with van der Waals surface area (Å²) in [7, 11) is 2.18. The molecule has 166 valence electrons. The van der Waals surface area contributed by atoms with E-state index in [2.05, 4.69) is 38.0 Å². The van der Waals surface area contributed by atoms with Crippen LogP contribution in [-0.4, -0.2) is 68.8 Å². The van der Waals surface area contributed by atoms with Crippen molar-refractivity contribution in [2.75, 3.05) is 33.2 Å². The van der Waals surface area contributed by atoms with Gasteiger partial charge in [-0.3, -0.25) is 4.90 Å². The van der Waals surface area contributed by atoms with Crippen LogP contribution in [0.3, 0.4) is 0 Å². The zero-order chi connectivity index (χ0) is 21.6. The summed E-state index contributed by atoms with van der Waals surface area (Å²) in [6.07, 6.45) is 6.00. The van der Waals surface area contributed by atoms with E-state index < -0.39 is 6.30 Å². The van der Waals surface area contributed by atoms with Crippen LogP contribution in [0.15, 0.2) is 30.9 Å². The molecular weight excluding hydrogens is 405 g/mol. The van der Waals surface area contributed by atoms with Crippen LogP contribution in [0.2, 0.25) is 0 Å². The zero-order valence-electron chi connectivity index (χ0n) is 17.6. The molecule has 1 aliphatic heterocycles. The van der Waals surface area contributed by atoms with Crippen molar-refractivity contribution in [3.8, 4) is 11.1 Å². The van der Waals surface area contributed by atoms with E-state index in [9.17, 15) is 13.2 Å². The Bertz CT molecular complexity index is 1040. The van der Waals surface area contributed by atoms with Gasteiger partial charge in [0, 0.05) is 67.3 Å². The molecule has 0 unspecified atom stereocenters. The molecule has 1 saturated heterocycles. The molecule has 0 spiro atoms. The highest BCUT2D eigenvalue weighted by molar-refractivity contribution is 5.93. The molecule has 1 N–H and O–H groups in total. The van der Waals surface area contributed by atoms with Gasteiger partial charge in [0.15, 0.2) is 0 Å². The lowest BCUT2D eigenvalue weighted by molar-refractivity contribution is -0.212. The fourth-order valence-corrected chi connectivity index (χ4v) is 5.04. The van der Waals surface area contributed by atoms with Crippen LogP contribution >= 0.6 is 0 Å². The van der Waals surface area contributed by atoms with E-state index in [4.69, 9.17) is 0 Å². The summed E-state index contributed by atoms with van der Waals surface area (Å²) < 4.78 is 38.8. The fourth-order valence-electron chi connectivity index (χ4n) is 5.04. The minimum atomic E-state index is -4.52. The number of fused-ring (bicyclic) bond motifs is 1. The molecule has 0 radical (unpaired) electrons. The Morgan fingerprint density at radius 3 is 2.45 bits per heavy atom. The fraction of sp³-hybridized carbons (Fsp3) is 0.545. The van der Waals surface area contributed by atoms with Gasteiger partial charge in [0.2, 0.25) is 0 Å². The Balaban J connectivity index is 1.32. The van der Waals surface area contributed by atoms with Crippen molar-refractivity contribution >= 4 is 11.0 Å². The van der Waals surface area contributed by atoms with Crippen LogP contribution in [-0.2, 0) is 6.30 Å². The Labute approximate surface area is 179 Å². The lowest BCUT2D eigenvalue weighted by Gasteiger charge is -2.41. The molecule has 9 heteroatoms. The number of alkyl halides is 3. The first-order valence-corrected chi connectivity index (χ1v) is 10.9. The Morgan fingerprint density at radius 1 is 1.03 bits per heavy atom. The Morgan fingerprint density at radius 2 is 1.77 bits per heavy atom. The highest BCUT2D eigenvalue weighted by Gasteiger charge is 2.32. The standard InChI is InChI=1S/C22H27F3N6/c1-29-6-8-30(9-7-29)18-4-2-15(3-5-18)16-10-19-20(13-27-21(19)26-11-16)17-12-28-31(14-17)22(23,24)25/h10-15,18H,2-9H2,1H3,(H,26,27). The van der Waals surface area contributed by atoms with E-state index in [1.165, 1.54) is 24.6 Å². The monoisotopic (exact) mass is 432 g/mol. The first-order valence-electron chi connectivity index (χ1n) is 10.9. The number of piperazine rings is 1. The maximum atomic E-state index is 12.9. The number of hydrogen-bond acceptors (Lipinski definition) is 4. The molecule has 0 bridgehead atoms. The predicted octanol–water partition coefficient (Wildman–Crippen LogP) is 4.18. The molecule has 3 aromatic heterocycles. The summed E-state index contributed by atoms with van der Waals surface area (Å²) in [5.74, 6) is 0.446. The van der Waals surface area contributed by atoms with Gasteiger partial charge in [-0.2, -0.15) is 9.78 Å². The quantitative estimate of drug-likeness (QED) is 0.675. The molecular formula is C22H27F3N6. The molecule has 5 rings (SSSR count). The largest absolute Gasteiger partial charge is 0.504 e. The maximum Gasteiger partial charge on any atom is 0.504 e. The third kappa shape index (κ3) is 4.08. The van der Waals surface area contributed by atoms with Crippen molar-refractivity contribution in [3.05, 3.63) is 36.4 Å². The van der Waals surface area contributed by atoms with Crippen molar-refractivity contribution < 1.29 is 13.2 Å². The lowest BCUT2D eigenvalue weighted by Crippen LogP contribution is -2.49. The maximum absolute atomic E-state index is 12.9.